The van der Waals surface area contributed by atoms with Crippen molar-refractivity contribution in [2.45, 2.75) is 58.1 Å². The standard InChI is InChI=1S/C29H38O2Si/c1-24(23-28(30)25-16-8-5-9-17-25)15-14-22-31-32(29(2,3)4,26-18-10-6-11-19-26)27-20-12-7-13-21-27/h5-13,16-21,24,28,30H,14-15,22-23H2,1-4H3. The average molecular weight is 447 g/mol. The second-order valence-corrected chi connectivity index (χ2v) is 14.2. The molecule has 3 aromatic carbocycles. The van der Waals surface area contributed by atoms with Gasteiger partial charge < -0.3 is 9.53 Å². The van der Waals surface area contributed by atoms with Gasteiger partial charge in [-0.2, -0.15) is 0 Å². The fraction of sp³-hybridized carbons (Fsp3) is 0.379. The van der Waals surface area contributed by atoms with Gasteiger partial charge in [0.2, 0.25) is 0 Å². The number of aliphatic hydroxyl groups is 1. The van der Waals surface area contributed by atoms with Crippen LogP contribution >= 0.6 is 0 Å². The predicted molar refractivity (Wildman–Crippen MR) is 138 cm³/mol. The van der Waals surface area contributed by atoms with Crippen molar-refractivity contribution in [3.63, 3.8) is 0 Å². The third kappa shape index (κ3) is 5.77. The largest absolute Gasteiger partial charge is 0.407 e. The molecule has 3 heteroatoms. The van der Waals surface area contributed by atoms with Crippen molar-refractivity contribution in [2.75, 3.05) is 6.61 Å². The second-order valence-electron chi connectivity index (χ2n) is 9.92. The molecule has 0 aromatic heterocycles. The molecule has 0 aliphatic heterocycles. The lowest BCUT2D eigenvalue weighted by atomic mass is 9.95. The van der Waals surface area contributed by atoms with Crippen molar-refractivity contribution in [1.29, 1.82) is 0 Å². The van der Waals surface area contributed by atoms with Crippen LogP contribution in [0.4, 0.5) is 0 Å². The van der Waals surface area contributed by atoms with Gasteiger partial charge in [0, 0.05) is 6.61 Å². The average Bonchev–Trinajstić information content (AvgIpc) is 2.80. The van der Waals surface area contributed by atoms with Crippen LogP contribution in [-0.2, 0) is 4.43 Å². The van der Waals surface area contributed by atoms with Gasteiger partial charge in [0.1, 0.15) is 0 Å². The molecular weight excluding hydrogens is 408 g/mol. The van der Waals surface area contributed by atoms with Gasteiger partial charge in [0.05, 0.1) is 6.10 Å². The molecule has 0 heterocycles. The maximum Gasteiger partial charge on any atom is 0.261 e. The first kappa shape index (κ1) is 24.4. The molecule has 0 amide bonds. The van der Waals surface area contributed by atoms with Gasteiger partial charge in [-0.15, -0.1) is 0 Å². The molecular formula is C29H38O2Si. The van der Waals surface area contributed by atoms with E-state index in [1.54, 1.807) is 0 Å². The van der Waals surface area contributed by atoms with Gasteiger partial charge in [-0.3, -0.25) is 0 Å². The molecule has 0 bridgehead atoms. The van der Waals surface area contributed by atoms with Crippen molar-refractivity contribution >= 4 is 18.7 Å². The molecule has 3 aromatic rings. The van der Waals surface area contributed by atoms with E-state index in [1.807, 2.05) is 30.3 Å². The SMILES string of the molecule is CC(CCCO[Si](c1ccccc1)(c1ccccc1)C(C)(C)C)CC(O)c1ccccc1. The molecule has 1 N–H and O–H groups in total. The summed E-state index contributed by atoms with van der Waals surface area (Å²) in [6.07, 6.45) is 2.42. The van der Waals surface area contributed by atoms with Crippen LogP contribution in [0.5, 0.6) is 0 Å². The van der Waals surface area contributed by atoms with Gasteiger partial charge in [-0.25, -0.2) is 0 Å². The number of rotatable bonds is 10. The minimum Gasteiger partial charge on any atom is -0.407 e. The predicted octanol–water partition coefficient (Wildman–Crippen LogP) is 6.10. The van der Waals surface area contributed by atoms with Crippen molar-refractivity contribution in [2.24, 2.45) is 5.92 Å². The highest BCUT2D eigenvalue weighted by Crippen LogP contribution is 2.37. The van der Waals surface area contributed by atoms with Crippen molar-refractivity contribution in [1.82, 2.24) is 0 Å². The first-order valence-electron chi connectivity index (χ1n) is 11.8. The quantitative estimate of drug-likeness (QED) is 0.301. The molecule has 3 rings (SSSR count). The fourth-order valence-electron chi connectivity index (χ4n) is 4.73. The lowest BCUT2D eigenvalue weighted by Crippen LogP contribution is -2.66. The van der Waals surface area contributed by atoms with Crippen LogP contribution in [0.15, 0.2) is 91.0 Å². The Morgan fingerprint density at radius 2 is 1.25 bits per heavy atom. The van der Waals surface area contributed by atoms with E-state index in [-0.39, 0.29) is 5.04 Å². The molecule has 0 radical (unpaired) electrons. The summed E-state index contributed by atoms with van der Waals surface area (Å²) in [5.74, 6) is 0.438. The summed E-state index contributed by atoms with van der Waals surface area (Å²) in [5, 5.41) is 13.2. The summed E-state index contributed by atoms with van der Waals surface area (Å²) in [6, 6.07) is 31.6. The summed E-state index contributed by atoms with van der Waals surface area (Å²) < 4.78 is 6.98. The Kier molecular flexibility index (Phi) is 8.47. The van der Waals surface area contributed by atoms with Gasteiger partial charge in [0.25, 0.3) is 8.32 Å². The maximum absolute atomic E-state index is 10.6. The van der Waals surface area contributed by atoms with E-state index in [1.165, 1.54) is 10.4 Å². The molecule has 0 aliphatic carbocycles. The molecule has 2 atom stereocenters. The summed E-state index contributed by atoms with van der Waals surface area (Å²) in [6.45, 7) is 9.92. The van der Waals surface area contributed by atoms with Crippen LogP contribution in [0.3, 0.4) is 0 Å². The fourth-order valence-corrected chi connectivity index (χ4v) is 9.33. The van der Waals surface area contributed by atoms with Crippen LogP contribution in [0.1, 0.15) is 58.6 Å². The Bertz CT molecular complexity index is 880. The molecule has 0 spiro atoms. The van der Waals surface area contributed by atoms with Crippen LogP contribution in [0.2, 0.25) is 5.04 Å². The van der Waals surface area contributed by atoms with Gasteiger partial charge in [0.15, 0.2) is 0 Å². The number of hydrogen-bond acceptors (Lipinski definition) is 2. The van der Waals surface area contributed by atoms with Crippen LogP contribution < -0.4 is 10.4 Å². The van der Waals surface area contributed by atoms with E-state index < -0.39 is 14.4 Å². The highest BCUT2D eigenvalue weighted by molar-refractivity contribution is 6.99. The zero-order valence-corrected chi connectivity index (χ0v) is 21.0. The highest BCUT2D eigenvalue weighted by atomic mass is 28.4. The van der Waals surface area contributed by atoms with Crippen molar-refractivity contribution in [3.8, 4) is 0 Å². The van der Waals surface area contributed by atoms with E-state index in [0.717, 1.165) is 31.4 Å². The number of hydrogen-bond donors (Lipinski definition) is 1. The van der Waals surface area contributed by atoms with E-state index >= 15 is 0 Å². The highest BCUT2D eigenvalue weighted by Gasteiger charge is 2.49. The first-order valence-corrected chi connectivity index (χ1v) is 13.7. The Balaban J connectivity index is 1.70. The summed E-state index contributed by atoms with van der Waals surface area (Å²) in [4.78, 5) is 0. The molecule has 0 saturated heterocycles. The van der Waals surface area contributed by atoms with Gasteiger partial charge >= 0.3 is 0 Å². The topological polar surface area (TPSA) is 29.5 Å². The second kappa shape index (κ2) is 11.1. The van der Waals surface area contributed by atoms with Crippen LogP contribution in [-0.4, -0.2) is 20.0 Å². The summed E-state index contributed by atoms with van der Waals surface area (Å²) in [7, 11) is -2.46. The first-order chi connectivity index (χ1) is 15.3. The van der Waals surface area contributed by atoms with Crippen molar-refractivity contribution in [3.05, 3.63) is 96.6 Å². The molecule has 2 nitrogen and oxygen atoms in total. The smallest absolute Gasteiger partial charge is 0.261 e. The van der Waals surface area contributed by atoms with Crippen LogP contribution in [0.25, 0.3) is 0 Å². The lowest BCUT2D eigenvalue weighted by Gasteiger charge is -2.43. The zero-order chi connectivity index (χ0) is 23.0. The third-order valence-electron chi connectivity index (χ3n) is 6.39. The molecule has 0 saturated carbocycles. The Labute approximate surface area is 195 Å². The zero-order valence-electron chi connectivity index (χ0n) is 20.0. The van der Waals surface area contributed by atoms with Gasteiger partial charge in [-0.1, -0.05) is 119 Å². The normalized spacial score (nSPS) is 14.2. The summed E-state index contributed by atoms with van der Waals surface area (Å²) in [5.41, 5.74) is 1.00. The Hall–Kier alpha value is -2.20. The van der Waals surface area contributed by atoms with E-state index in [2.05, 4.69) is 88.4 Å². The maximum atomic E-state index is 10.6. The Morgan fingerprint density at radius 1 is 0.781 bits per heavy atom. The van der Waals surface area contributed by atoms with Crippen LogP contribution in [0, 0.1) is 5.92 Å². The van der Waals surface area contributed by atoms with E-state index in [9.17, 15) is 5.11 Å². The van der Waals surface area contributed by atoms with E-state index in [4.69, 9.17) is 4.43 Å². The van der Waals surface area contributed by atoms with E-state index in [0.29, 0.717) is 5.92 Å². The Morgan fingerprint density at radius 3 is 1.72 bits per heavy atom. The number of aliphatic hydroxyl groups excluding tert-OH is 1. The lowest BCUT2D eigenvalue weighted by molar-refractivity contribution is 0.142. The minimum atomic E-state index is -2.46. The third-order valence-corrected chi connectivity index (χ3v) is 11.4. The molecule has 0 fully saturated rings. The molecule has 2 unspecified atom stereocenters. The summed E-state index contributed by atoms with van der Waals surface area (Å²) >= 11 is 0. The molecule has 170 valence electrons. The van der Waals surface area contributed by atoms with Crippen molar-refractivity contribution < 1.29 is 9.53 Å². The molecule has 0 aliphatic rings. The monoisotopic (exact) mass is 446 g/mol. The number of benzene rings is 3. The van der Waals surface area contributed by atoms with Gasteiger partial charge in [-0.05, 0) is 46.2 Å². The molecule has 32 heavy (non-hydrogen) atoms. The minimum absolute atomic E-state index is 0.00479.